The fourth-order valence-corrected chi connectivity index (χ4v) is 2.71. The Labute approximate surface area is 104 Å². The first-order chi connectivity index (χ1) is 8.24. The van der Waals surface area contributed by atoms with Crippen LogP contribution in [0, 0.1) is 13.8 Å². The maximum absolute atomic E-state index is 4.56. The van der Waals surface area contributed by atoms with Gasteiger partial charge in [-0.15, -0.1) is 0 Å². The zero-order chi connectivity index (χ0) is 11.8. The molecule has 0 aliphatic carbocycles. The minimum Gasteiger partial charge on any atom is -0.269 e. The molecule has 0 aliphatic heterocycles. The van der Waals surface area contributed by atoms with Crippen molar-refractivity contribution in [2.75, 3.05) is 5.43 Å². The first kappa shape index (κ1) is 10.4. The van der Waals surface area contributed by atoms with Gasteiger partial charge in [0.15, 0.2) is 0 Å². The predicted octanol–water partition coefficient (Wildman–Crippen LogP) is 3.59. The number of rotatable bonds is 2. The van der Waals surface area contributed by atoms with Crippen LogP contribution in [0.1, 0.15) is 11.4 Å². The Balaban J connectivity index is 2.00. The Kier molecular flexibility index (Phi) is 2.37. The van der Waals surface area contributed by atoms with E-state index in [2.05, 4.69) is 47.1 Å². The van der Waals surface area contributed by atoms with E-state index in [-0.39, 0.29) is 0 Å². The molecule has 2 heterocycles. The van der Waals surface area contributed by atoms with Gasteiger partial charge in [0.25, 0.3) is 0 Å². The summed E-state index contributed by atoms with van der Waals surface area (Å²) in [5, 5.41) is 0.925. The van der Waals surface area contributed by atoms with Crippen LogP contribution in [0.15, 0.2) is 36.4 Å². The molecule has 0 saturated carbocycles. The van der Waals surface area contributed by atoms with Crippen molar-refractivity contribution >= 4 is 26.7 Å². The van der Waals surface area contributed by atoms with Gasteiger partial charge in [0.1, 0.15) is 0 Å². The van der Waals surface area contributed by atoms with Gasteiger partial charge in [-0.2, -0.15) is 0 Å². The molecule has 0 fully saturated rings. The summed E-state index contributed by atoms with van der Waals surface area (Å²) >= 11 is 1.67. The van der Waals surface area contributed by atoms with Gasteiger partial charge in [0.05, 0.1) is 10.2 Å². The third-order valence-corrected chi connectivity index (χ3v) is 3.71. The standard InChI is InChI=1S/C13H13N3S/c1-9-7-8-10(2)16(9)15-13-14-11-5-3-4-6-12(11)17-13/h3-8H,1-2H3,(H,14,15). The molecule has 3 nitrogen and oxygen atoms in total. The van der Waals surface area contributed by atoms with E-state index in [0.717, 1.165) is 10.6 Å². The van der Waals surface area contributed by atoms with Gasteiger partial charge in [-0.3, -0.25) is 10.1 Å². The van der Waals surface area contributed by atoms with Crippen LogP contribution in [0.3, 0.4) is 0 Å². The van der Waals surface area contributed by atoms with Crippen molar-refractivity contribution in [3.63, 3.8) is 0 Å². The third kappa shape index (κ3) is 1.80. The second kappa shape index (κ2) is 3.89. The Morgan fingerprint density at radius 1 is 1.06 bits per heavy atom. The number of anilines is 1. The largest absolute Gasteiger partial charge is 0.269 e. The van der Waals surface area contributed by atoms with Crippen LogP contribution in [0.25, 0.3) is 10.2 Å². The lowest BCUT2D eigenvalue weighted by molar-refractivity contribution is 0.879. The van der Waals surface area contributed by atoms with E-state index in [0.29, 0.717) is 0 Å². The van der Waals surface area contributed by atoms with E-state index >= 15 is 0 Å². The van der Waals surface area contributed by atoms with Gasteiger partial charge in [0, 0.05) is 11.4 Å². The summed E-state index contributed by atoms with van der Waals surface area (Å²) in [7, 11) is 0. The van der Waals surface area contributed by atoms with Gasteiger partial charge in [0.2, 0.25) is 5.13 Å². The molecule has 4 heteroatoms. The van der Waals surface area contributed by atoms with Crippen LogP contribution in [0.2, 0.25) is 0 Å². The number of para-hydroxylation sites is 1. The minimum atomic E-state index is 0.925. The van der Waals surface area contributed by atoms with Crippen LogP contribution in [-0.2, 0) is 0 Å². The Morgan fingerprint density at radius 3 is 2.47 bits per heavy atom. The molecule has 17 heavy (non-hydrogen) atoms. The second-order valence-electron chi connectivity index (χ2n) is 4.05. The summed E-state index contributed by atoms with van der Waals surface area (Å²) in [6.45, 7) is 4.15. The first-order valence-corrected chi connectivity index (χ1v) is 6.33. The summed E-state index contributed by atoms with van der Waals surface area (Å²) in [6, 6.07) is 12.4. The van der Waals surface area contributed by atoms with Crippen molar-refractivity contribution in [3.05, 3.63) is 47.8 Å². The summed E-state index contributed by atoms with van der Waals surface area (Å²) in [6.07, 6.45) is 0. The number of fused-ring (bicyclic) bond motifs is 1. The van der Waals surface area contributed by atoms with Crippen LogP contribution in [0.4, 0.5) is 5.13 Å². The normalized spacial score (nSPS) is 10.9. The quantitative estimate of drug-likeness (QED) is 0.745. The number of aromatic nitrogens is 2. The second-order valence-corrected chi connectivity index (χ2v) is 5.08. The molecule has 2 aromatic heterocycles. The van der Waals surface area contributed by atoms with Crippen molar-refractivity contribution < 1.29 is 0 Å². The van der Waals surface area contributed by atoms with Crippen LogP contribution in [0.5, 0.6) is 0 Å². The Morgan fingerprint density at radius 2 is 1.76 bits per heavy atom. The zero-order valence-electron chi connectivity index (χ0n) is 9.77. The van der Waals surface area contributed by atoms with Gasteiger partial charge in [-0.1, -0.05) is 23.5 Å². The SMILES string of the molecule is Cc1ccc(C)n1Nc1nc2ccccc2s1. The van der Waals surface area contributed by atoms with Crippen molar-refractivity contribution in [3.8, 4) is 0 Å². The topological polar surface area (TPSA) is 29.9 Å². The lowest BCUT2D eigenvalue weighted by Crippen LogP contribution is -2.11. The smallest absolute Gasteiger partial charge is 0.203 e. The van der Waals surface area contributed by atoms with E-state index in [1.54, 1.807) is 11.3 Å². The molecule has 0 aliphatic rings. The fraction of sp³-hybridized carbons (Fsp3) is 0.154. The number of benzene rings is 1. The Hall–Kier alpha value is -1.81. The summed E-state index contributed by atoms with van der Waals surface area (Å²) < 4.78 is 3.26. The number of hydrogen-bond donors (Lipinski definition) is 1. The number of aryl methyl sites for hydroxylation is 2. The highest BCUT2D eigenvalue weighted by Gasteiger charge is 2.05. The molecule has 0 bridgehead atoms. The Bertz CT molecular complexity index is 614. The van der Waals surface area contributed by atoms with Crippen LogP contribution < -0.4 is 5.43 Å². The average Bonchev–Trinajstić information content (AvgIpc) is 2.87. The summed E-state index contributed by atoms with van der Waals surface area (Å²) in [5.74, 6) is 0. The van der Waals surface area contributed by atoms with Crippen molar-refractivity contribution in [1.29, 1.82) is 0 Å². The number of nitrogens with one attached hydrogen (secondary N) is 1. The molecule has 1 aromatic carbocycles. The number of hydrogen-bond acceptors (Lipinski definition) is 3. The van der Waals surface area contributed by atoms with E-state index < -0.39 is 0 Å². The minimum absolute atomic E-state index is 0.925. The van der Waals surface area contributed by atoms with Gasteiger partial charge >= 0.3 is 0 Å². The highest BCUT2D eigenvalue weighted by Crippen LogP contribution is 2.25. The highest BCUT2D eigenvalue weighted by atomic mass is 32.1. The van der Waals surface area contributed by atoms with E-state index in [1.165, 1.54) is 16.1 Å². The first-order valence-electron chi connectivity index (χ1n) is 5.51. The molecule has 3 aromatic rings. The van der Waals surface area contributed by atoms with Gasteiger partial charge < -0.3 is 0 Å². The molecule has 86 valence electrons. The predicted molar refractivity (Wildman–Crippen MR) is 72.5 cm³/mol. The van der Waals surface area contributed by atoms with Crippen molar-refractivity contribution in [2.45, 2.75) is 13.8 Å². The molecular weight excluding hydrogens is 230 g/mol. The van der Waals surface area contributed by atoms with Crippen molar-refractivity contribution in [1.82, 2.24) is 9.66 Å². The maximum atomic E-state index is 4.56. The third-order valence-electron chi connectivity index (χ3n) is 2.77. The van der Waals surface area contributed by atoms with E-state index in [1.807, 2.05) is 18.2 Å². The van der Waals surface area contributed by atoms with Crippen LogP contribution >= 0.6 is 11.3 Å². The molecule has 0 spiro atoms. The molecule has 0 unspecified atom stereocenters. The molecular formula is C13H13N3S. The fourth-order valence-electron chi connectivity index (χ4n) is 1.86. The molecule has 1 N–H and O–H groups in total. The summed E-state index contributed by atoms with van der Waals surface area (Å²) in [5.41, 5.74) is 6.74. The monoisotopic (exact) mass is 243 g/mol. The average molecular weight is 243 g/mol. The lowest BCUT2D eigenvalue weighted by atomic mass is 10.3. The van der Waals surface area contributed by atoms with Crippen LogP contribution in [-0.4, -0.2) is 9.66 Å². The zero-order valence-corrected chi connectivity index (χ0v) is 10.6. The maximum Gasteiger partial charge on any atom is 0.203 e. The van der Waals surface area contributed by atoms with Gasteiger partial charge in [-0.25, -0.2) is 4.98 Å². The highest BCUT2D eigenvalue weighted by molar-refractivity contribution is 7.22. The molecule has 0 saturated heterocycles. The molecule has 3 rings (SSSR count). The van der Waals surface area contributed by atoms with E-state index in [4.69, 9.17) is 0 Å². The van der Waals surface area contributed by atoms with Gasteiger partial charge in [-0.05, 0) is 38.1 Å². The molecule has 0 radical (unpaired) electrons. The van der Waals surface area contributed by atoms with Crippen molar-refractivity contribution in [2.24, 2.45) is 0 Å². The molecule has 0 amide bonds. The lowest BCUT2D eigenvalue weighted by Gasteiger charge is -2.08. The molecule has 0 atom stereocenters. The van der Waals surface area contributed by atoms with E-state index in [9.17, 15) is 0 Å². The number of thiazole rings is 1. The summed E-state index contributed by atoms with van der Waals surface area (Å²) in [4.78, 5) is 4.56. The number of nitrogens with zero attached hydrogens (tertiary/aromatic N) is 2.